The summed E-state index contributed by atoms with van der Waals surface area (Å²) in [6.07, 6.45) is 0.0616. The minimum atomic E-state index is -0.612. The lowest BCUT2D eigenvalue weighted by Crippen LogP contribution is -2.37. The highest BCUT2D eigenvalue weighted by molar-refractivity contribution is 5.89. The van der Waals surface area contributed by atoms with Crippen molar-refractivity contribution in [3.05, 3.63) is 65.2 Å². The van der Waals surface area contributed by atoms with Crippen LogP contribution in [0.25, 0.3) is 0 Å². The molecule has 0 heterocycles. The van der Waals surface area contributed by atoms with Crippen LogP contribution in [0.15, 0.2) is 48.5 Å². The molecule has 1 N–H and O–H groups in total. The molecule has 2 aromatic carbocycles. The van der Waals surface area contributed by atoms with E-state index < -0.39 is 17.7 Å². The molecule has 0 saturated carbocycles. The molecule has 0 saturated heterocycles. The van der Waals surface area contributed by atoms with Gasteiger partial charge in [0.2, 0.25) is 0 Å². The van der Waals surface area contributed by atoms with Gasteiger partial charge in [0.15, 0.2) is 0 Å². The van der Waals surface area contributed by atoms with E-state index in [0.717, 1.165) is 11.1 Å². The van der Waals surface area contributed by atoms with Crippen molar-refractivity contribution in [2.75, 3.05) is 13.7 Å². The Balaban J connectivity index is 2.14. The molecule has 28 heavy (non-hydrogen) atoms. The summed E-state index contributed by atoms with van der Waals surface area (Å²) in [5.41, 5.74) is 1.45. The van der Waals surface area contributed by atoms with Crippen LogP contribution in [0.4, 0.5) is 4.79 Å². The third-order valence-electron chi connectivity index (χ3n) is 4.04. The Morgan fingerprint density at radius 2 is 1.68 bits per heavy atom. The third-order valence-corrected chi connectivity index (χ3v) is 4.04. The van der Waals surface area contributed by atoms with Gasteiger partial charge in [-0.2, -0.15) is 0 Å². The molecule has 0 aromatic heterocycles. The van der Waals surface area contributed by atoms with E-state index >= 15 is 0 Å². The summed E-state index contributed by atoms with van der Waals surface area (Å²) in [7, 11) is 1.33. The van der Waals surface area contributed by atoms with Gasteiger partial charge in [0, 0.05) is 13.1 Å². The van der Waals surface area contributed by atoms with Crippen LogP contribution in [0.1, 0.15) is 42.3 Å². The molecule has 0 unspecified atom stereocenters. The maximum atomic E-state index is 12.7. The summed E-state index contributed by atoms with van der Waals surface area (Å²) in [6.45, 7) is 6.15. The van der Waals surface area contributed by atoms with E-state index in [-0.39, 0.29) is 5.75 Å². The quantitative estimate of drug-likeness (QED) is 0.756. The van der Waals surface area contributed by atoms with Crippen molar-refractivity contribution in [1.82, 2.24) is 4.90 Å². The average Bonchev–Trinajstić information content (AvgIpc) is 2.64. The van der Waals surface area contributed by atoms with Crippen molar-refractivity contribution >= 4 is 12.1 Å². The Labute approximate surface area is 165 Å². The summed E-state index contributed by atoms with van der Waals surface area (Å²) < 4.78 is 10.2. The van der Waals surface area contributed by atoms with Crippen LogP contribution in [0.3, 0.4) is 0 Å². The van der Waals surface area contributed by atoms with Gasteiger partial charge < -0.3 is 19.5 Å². The highest BCUT2D eigenvalue weighted by atomic mass is 16.6. The second-order valence-electron chi connectivity index (χ2n) is 7.47. The number of rotatable bonds is 6. The number of hydrogen-bond donors (Lipinski definition) is 1. The predicted molar refractivity (Wildman–Crippen MR) is 106 cm³/mol. The summed E-state index contributed by atoms with van der Waals surface area (Å²) >= 11 is 0. The number of carbonyl (C=O) groups excluding carboxylic acids is 2. The molecule has 0 atom stereocenters. The van der Waals surface area contributed by atoms with E-state index in [9.17, 15) is 14.7 Å². The van der Waals surface area contributed by atoms with Crippen molar-refractivity contribution in [2.24, 2.45) is 0 Å². The molecule has 2 aromatic rings. The number of hydrogen-bond acceptors (Lipinski definition) is 5. The minimum Gasteiger partial charge on any atom is -0.508 e. The monoisotopic (exact) mass is 385 g/mol. The van der Waals surface area contributed by atoms with Crippen molar-refractivity contribution in [2.45, 2.75) is 39.3 Å². The van der Waals surface area contributed by atoms with E-state index in [1.807, 2.05) is 32.9 Å². The van der Waals surface area contributed by atoms with Crippen LogP contribution in [-0.4, -0.2) is 41.3 Å². The second kappa shape index (κ2) is 9.26. The Morgan fingerprint density at radius 3 is 2.25 bits per heavy atom. The van der Waals surface area contributed by atoms with Crippen LogP contribution in [0, 0.1) is 0 Å². The van der Waals surface area contributed by atoms with E-state index in [1.165, 1.54) is 7.11 Å². The summed E-state index contributed by atoms with van der Waals surface area (Å²) in [5, 5.41) is 9.97. The molecule has 6 heteroatoms. The molecular weight excluding hydrogens is 358 g/mol. The fourth-order valence-corrected chi connectivity index (χ4v) is 2.62. The molecule has 0 spiro atoms. The lowest BCUT2D eigenvalue weighted by molar-refractivity contribution is 0.0235. The zero-order chi connectivity index (χ0) is 20.7. The topological polar surface area (TPSA) is 76.1 Å². The largest absolute Gasteiger partial charge is 0.508 e. The summed E-state index contributed by atoms with van der Waals surface area (Å²) in [5.74, 6) is -0.204. The van der Waals surface area contributed by atoms with E-state index in [4.69, 9.17) is 9.47 Å². The normalized spacial score (nSPS) is 11.0. The van der Waals surface area contributed by atoms with Crippen LogP contribution >= 0.6 is 0 Å². The first-order valence-electron chi connectivity index (χ1n) is 9.11. The second-order valence-corrected chi connectivity index (χ2v) is 7.47. The number of benzene rings is 2. The first-order chi connectivity index (χ1) is 13.2. The van der Waals surface area contributed by atoms with Crippen LogP contribution in [-0.2, 0) is 22.4 Å². The number of nitrogens with zero attached hydrogens (tertiary/aromatic N) is 1. The van der Waals surface area contributed by atoms with Gasteiger partial charge in [0.05, 0.1) is 12.7 Å². The minimum absolute atomic E-state index is 0.203. The van der Waals surface area contributed by atoms with Gasteiger partial charge in [0.1, 0.15) is 11.4 Å². The van der Waals surface area contributed by atoms with Gasteiger partial charge in [-0.15, -0.1) is 0 Å². The van der Waals surface area contributed by atoms with Gasteiger partial charge in [-0.05, 0) is 56.5 Å². The van der Waals surface area contributed by atoms with Crippen LogP contribution in [0.5, 0.6) is 5.75 Å². The van der Waals surface area contributed by atoms with Gasteiger partial charge in [-0.3, -0.25) is 0 Å². The first kappa shape index (κ1) is 21.3. The molecule has 0 radical (unpaired) electrons. The lowest BCUT2D eigenvalue weighted by Gasteiger charge is -2.27. The first-order valence-corrected chi connectivity index (χ1v) is 9.11. The molecule has 0 aliphatic rings. The molecular formula is C22H27NO5. The number of phenolic OH excluding ortho intramolecular Hbond substituents is 1. The third kappa shape index (κ3) is 6.30. The summed E-state index contributed by atoms with van der Waals surface area (Å²) in [4.78, 5) is 25.8. The Hall–Kier alpha value is -3.02. The maximum absolute atomic E-state index is 12.7. The molecule has 0 aliphatic heterocycles. The zero-order valence-corrected chi connectivity index (χ0v) is 16.8. The highest BCUT2D eigenvalue weighted by Crippen LogP contribution is 2.19. The number of carbonyl (C=O) groups is 2. The van der Waals surface area contributed by atoms with Crippen molar-refractivity contribution in [3.8, 4) is 5.75 Å². The lowest BCUT2D eigenvalue weighted by atomic mass is 10.1. The van der Waals surface area contributed by atoms with Gasteiger partial charge in [0.25, 0.3) is 0 Å². The van der Waals surface area contributed by atoms with Crippen molar-refractivity contribution in [3.63, 3.8) is 0 Å². The number of ether oxygens (including phenoxy) is 2. The Bertz CT molecular complexity index is 808. The molecule has 0 fully saturated rings. The Kier molecular flexibility index (Phi) is 7.04. The molecule has 2 rings (SSSR count). The molecule has 0 bridgehead atoms. The molecule has 0 aliphatic carbocycles. The standard InChI is InChI=1S/C22H27NO5/c1-22(2,3)28-21(26)23(14-13-17-7-5-6-8-19(17)24)15-16-9-11-18(12-10-16)20(25)27-4/h5-12,24H,13-15H2,1-4H3. The van der Waals surface area contributed by atoms with Crippen LogP contribution < -0.4 is 0 Å². The van der Waals surface area contributed by atoms with E-state index in [2.05, 4.69) is 0 Å². The highest BCUT2D eigenvalue weighted by Gasteiger charge is 2.22. The van der Waals surface area contributed by atoms with Crippen LogP contribution in [0.2, 0.25) is 0 Å². The van der Waals surface area contributed by atoms with Gasteiger partial charge in [-0.25, -0.2) is 9.59 Å². The summed E-state index contributed by atoms with van der Waals surface area (Å²) in [6, 6.07) is 13.9. The number of phenols is 1. The number of methoxy groups -OCH3 is 1. The number of para-hydroxylation sites is 1. The van der Waals surface area contributed by atoms with E-state index in [1.54, 1.807) is 41.3 Å². The van der Waals surface area contributed by atoms with Gasteiger partial charge >= 0.3 is 12.1 Å². The SMILES string of the molecule is COC(=O)c1ccc(CN(CCc2ccccc2O)C(=O)OC(C)(C)C)cc1. The smallest absolute Gasteiger partial charge is 0.410 e. The number of aromatic hydroxyl groups is 1. The number of esters is 1. The van der Waals surface area contributed by atoms with Gasteiger partial charge in [-0.1, -0.05) is 30.3 Å². The fourth-order valence-electron chi connectivity index (χ4n) is 2.62. The zero-order valence-electron chi connectivity index (χ0n) is 16.8. The maximum Gasteiger partial charge on any atom is 0.410 e. The molecule has 6 nitrogen and oxygen atoms in total. The van der Waals surface area contributed by atoms with Crippen molar-refractivity contribution < 1.29 is 24.2 Å². The van der Waals surface area contributed by atoms with Crippen molar-refractivity contribution in [1.29, 1.82) is 0 Å². The Morgan fingerprint density at radius 1 is 1.04 bits per heavy atom. The predicted octanol–water partition coefficient (Wildman–Crippen LogP) is 4.16. The fraction of sp³-hybridized carbons (Fsp3) is 0.364. The molecule has 1 amide bonds. The average molecular weight is 385 g/mol. The number of amides is 1. The van der Waals surface area contributed by atoms with E-state index in [0.29, 0.717) is 25.1 Å². The molecule has 150 valence electrons.